The Hall–Kier alpha value is -0.790. The molecule has 0 heterocycles. The maximum Gasteiger partial charge on any atom is 0.0906 e. The van der Waals surface area contributed by atoms with Crippen molar-refractivity contribution in [1.29, 1.82) is 5.41 Å². The van der Waals surface area contributed by atoms with Crippen LogP contribution in [0.3, 0.4) is 0 Å². The molecule has 0 fully saturated rings. The second kappa shape index (κ2) is 2.39. The first-order valence-electron chi connectivity index (χ1n) is 2.03. The third-order valence-electron chi connectivity index (χ3n) is 0.469. The van der Waals surface area contributed by atoms with Crippen molar-refractivity contribution >= 4 is 5.71 Å². The largest absolute Gasteiger partial charge is 0.513 e. The van der Waals surface area contributed by atoms with Gasteiger partial charge in [0.05, 0.1) is 5.76 Å². The van der Waals surface area contributed by atoms with E-state index in [9.17, 15) is 0 Å². The van der Waals surface area contributed by atoms with E-state index < -0.39 is 0 Å². The number of rotatable bonds is 2. The molecule has 0 unspecified atom stereocenters. The molecule has 0 aromatic heterocycles. The summed E-state index contributed by atoms with van der Waals surface area (Å²) in [5.74, 6) is 0.0625. The van der Waals surface area contributed by atoms with Crippen LogP contribution in [0.15, 0.2) is 12.3 Å². The minimum Gasteiger partial charge on any atom is -0.513 e. The molecule has 40 valence electrons. The summed E-state index contributed by atoms with van der Waals surface area (Å²) in [6.07, 6.45) is 0.306. The lowest BCUT2D eigenvalue weighted by Gasteiger charge is -1.90. The third-order valence-corrected chi connectivity index (χ3v) is 0.469. The maximum absolute atomic E-state index is 8.39. The molecular formula is C5H9NO. The molecule has 2 N–H and O–H groups in total. The molecule has 0 saturated carbocycles. The SMILES string of the molecule is C=C(O)CC(C)=N. The Bertz CT molecular complexity index is 84.3. The van der Waals surface area contributed by atoms with Gasteiger partial charge in [-0.05, 0) is 6.92 Å². The molecule has 0 spiro atoms. The summed E-state index contributed by atoms with van der Waals surface area (Å²) >= 11 is 0. The number of hydrogen-bond acceptors (Lipinski definition) is 2. The molecular weight excluding hydrogens is 90.1 g/mol. The molecule has 0 aromatic rings. The second-order valence-corrected chi connectivity index (χ2v) is 1.52. The molecule has 0 aliphatic carbocycles. The van der Waals surface area contributed by atoms with Crippen LogP contribution in [0.4, 0.5) is 0 Å². The van der Waals surface area contributed by atoms with E-state index in [0.717, 1.165) is 0 Å². The summed E-state index contributed by atoms with van der Waals surface area (Å²) in [7, 11) is 0. The highest BCUT2D eigenvalue weighted by atomic mass is 16.3. The molecule has 2 nitrogen and oxygen atoms in total. The fourth-order valence-corrected chi connectivity index (χ4v) is 0.306. The predicted molar refractivity (Wildman–Crippen MR) is 29.8 cm³/mol. The van der Waals surface area contributed by atoms with Crippen molar-refractivity contribution in [2.75, 3.05) is 0 Å². The van der Waals surface area contributed by atoms with E-state index >= 15 is 0 Å². The van der Waals surface area contributed by atoms with Crippen LogP contribution < -0.4 is 0 Å². The molecule has 0 amide bonds. The zero-order valence-corrected chi connectivity index (χ0v) is 4.36. The quantitative estimate of drug-likeness (QED) is 0.399. The lowest BCUT2D eigenvalue weighted by atomic mass is 10.3. The second-order valence-electron chi connectivity index (χ2n) is 1.52. The predicted octanol–water partition coefficient (Wildman–Crippen LogP) is 1.49. The molecule has 0 rings (SSSR count). The number of allylic oxidation sites excluding steroid dienone is 1. The first-order valence-corrected chi connectivity index (χ1v) is 2.03. The molecule has 7 heavy (non-hydrogen) atoms. The maximum atomic E-state index is 8.39. The van der Waals surface area contributed by atoms with Crippen molar-refractivity contribution in [2.45, 2.75) is 13.3 Å². The van der Waals surface area contributed by atoms with Gasteiger partial charge < -0.3 is 10.5 Å². The van der Waals surface area contributed by atoms with Gasteiger partial charge in [0.1, 0.15) is 0 Å². The highest BCUT2D eigenvalue weighted by Gasteiger charge is 1.87. The molecule has 0 radical (unpaired) electrons. The van der Waals surface area contributed by atoms with Crippen molar-refractivity contribution in [3.8, 4) is 0 Å². The van der Waals surface area contributed by atoms with E-state index in [1.807, 2.05) is 0 Å². The highest BCUT2D eigenvalue weighted by Crippen LogP contribution is 1.90. The Kier molecular flexibility index (Phi) is 2.12. The monoisotopic (exact) mass is 99.1 g/mol. The fourth-order valence-electron chi connectivity index (χ4n) is 0.306. The molecule has 0 aliphatic heterocycles. The summed E-state index contributed by atoms with van der Waals surface area (Å²) in [6, 6.07) is 0. The smallest absolute Gasteiger partial charge is 0.0906 e. The number of hydrogen-bond donors (Lipinski definition) is 2. The zero-order chi connectivity index (χ0) is 5.86. The summed E-state index contributed by atoms with van der Waals surface area (Å²) in [4.78, 5) is 0. The van der Waals surface area contributed by atoms with Gasteiger partial charge in [-0.15, -0.1) is 0 Å². The van der Waals surface area contributed by atoms with Gasteiger partial charge in [-0.1, -0.05) is 6.58 Å². The lowest BCUT2D eigenvalue weighted by Crippen LogP contribution is -1.88. The normalized spacial score (nSPS) is 8.14. The Morgan fingerprint density at radius 2 is 2.29 bits per heavy atom. The Labute approximate surface area is 43.0 Å². The van der Waals surface area contributed by atoms with E-state index in [4.69, 9.17) is 10.5 Å². The minimum absolute atomic E-state index is 0.0625. The van der Waals surface area contributed by atoms with Crippen molar-refractivity contribution in [3.05, 3.63) is 12.3 Å². The van der Waals surface area contributed by atoms with Crippen LogP contribution in [0.1, 0.15) is 13.3 Å². The van der Waals surface area contributed by atoms with E-state index in [2.05, 4.69) is 6.58 Å². The van der Waals surface area contributed by atoms with Crippen LogP contribution in [-0.4, -0.2) is 10.8 Å². The van der Waals surface area contributed by atoms with Crippen molar-refractivity contribution in [3.63, 3.8) is 0 Å². The summed E-state index contributed by atoms with van der Waals surface area (Å²) < 4.78 is 0. The molecule has 0 aromatic carbocycles. The van der Waals surface area contributed by atoms with Crippen LogP contribution in [0.2, 0.25) is 0 Å². The van der Waals surface area contributed by atoms with E-state index in [-0.39, 0.29) is 5.76 Å². The Morgan fingerprint density at radius 3 is 2.29 bits per heavy atom. The average Bonchev–Trinajstić information content (AvgIpc) is 1.27. The summed E-state index contributed by atoms with van der Waals surface area (Å²) in [5.41, 5.74) is 0.438. The third kappa shape index (κ3) is 5.21. The molecule has 0 atom stereocenters. The standard InChI is InChI=1S/C5H9NO/c1-4(6)3-5(2)7/h6-7H,2-3H2,1H3. The summed E-state index contributed by atoms with van der Waals surface area (Å²) in [6.45, 7) is 4.84. The molecule has 2 heteroatoms. The number of nitrogens with one attached hydrogen (secondary N) is 1. The fraction of sp³-hybridized carbons (Fsp3) is 0.400. The van der Waals surface area contributed by atoms with E-state index in [0.29, 0.717) is 12.1 Å². The van der Waals surface area contributed by atoms with Crippen molar-refractivity contribution in [1.82, 2.24) is 0 Å². The highest BCUT2D eigenvalue weighted by molar-refractivity contribution is 5.80. The summed E-state index contributed by atoms with van der Waals surface area (Å²) in [5, 5.41) is 15.2. The number of aliphatic hydroxyl groups is 1. The van der Waals surface area contributed by atoms with Crippen LogP contribution in [-0.2, 0) is 0 Å². The van der Waals surface area contributed by atoms with Gasteiger partial charge in [0.15, 0.2) is 0 Å². The van der Waals surface area contributed by atoms with Crippen molar-refractivity contribution in [2.24, 2.45) is 0 Å². The van der Waals surface area contributed by atoms with E-state index in [1.54, 1.807) is 6.92 Å². The average molecular weight is 99.1 g/mol. The lowest BCUT2D eigenvalue weighted by molar-refractivity contribution is 0.407. The van der Waals surface area contributed by atoms with Gasteiger partial charge in [-0.2, -0.15) is 0 Å². The topological polar surface area (TPSA) is 44.1 Å². The Morgan fingerprint density at radius 1 is 1.86 bits per heavy atom. The van der Waals surface area contributed by atoms with Gasteiger partial charge in [-0.3, -0.25) is 0 Å². The van der Waals surface area contributed by atoms with Crippen LogP contribution in [0.5, 0.6) is 0 Å². The first kappa shape index (κ1) is 6.21. The number of aliphatic hydroxyl groups excluding tert-OH is 1. The van der Waals surface area contributed by atoms with Crippen molar-refractivity contribution < 1.29 is 5.11 Å². The van der Waals surface area contributed by atoms with Crippen LogP contribution >= 0.6 is 0 Å². The van der Waals surface area contributed by atoms with Crippen LogP contribution in [0, 0.1) is 5.41 Å². The molecule has 0 saturated heterocycles. The molecule has 0 aliphatic rings. The van der Waals surface area contributed by atoms with Gasteiger partial charge >= 0.3 is 0 Å². The zero-order valence-electron chi connectivity index (χ0n) is 4.36. The van der Waals surface area contributed by atoms with Gasteiger partial charge in [0, 0.05) is 12.1 Å². The van der Waals surface area contributed by atoms with Crippen LogP contribution in [0.25, 0.3) is 0 Å². The van der Waals surface area contributed by atoms with Gasteiger partial charge in [0.2, 0.25) is 0 Å². The van der Waals surface area contributed by atoms with E-state index in [1.165, 1.54) is 0 Å². The minimum atomic E-state index is 0.0625. The molecule has 0 bridgehead atoms. The van der Waals surface area contributed by atoms with Gasteiger partial charge in [0.25, 0.3) is 0 Å². The first-order chi connectivity index (χ1) is 3.13. The van der Waals surface area contributed by atoms with Gasteiger partial charge in [-0.25, -0.2) is 0 Å². The Balaban J connectivity index is 3.32.